The molecule has 2 rings (SSSR count). The monoisotopic (exact) mass is 175 g/mol. The predicted molar refractivity (Wildman–Crippen MR) is 53.5 cm³/mol. The third-order valence-corrected chi connectivity index (χ3v) is 2.06. The van der Waals surface area contributed by atoms with E-state index in [-0.39, 0.29) is 0 Å². The molecule has 0 aliphatic rings. The van der Waals surface area contributed by atoms with Gasteiger partial charge in [0, 0.05) is 24.3 Å². The summed E-state index contributed by atoms with van der Waals surface area (Å²) < 4.78 is 0. The highest BCUT2D eigenvalue weighted by atomic mass is 15.0. The number of nitrogens with one attached hydrogen (secondary N) is 1. The summed E-state index contributed by atoms with van der Waals surface area (Å²) in [5.41, 5.74) is 2.43. The number of rotatable bonds is 2. The summed E-state index contributed by atoms with van der Waals surface area (Å²) in [6, 6.07) is 2.05. The van der Waals surface area contributed by atoms with Crippen LogP contribution in [0.5, 0.6) is 0 Å². The molecule has 68 valence electrons. The number of hydrogen-bond acceptors (Lipinski definition) is 2. The molecule has 2 heterocycles. The minimum absolute atomic E-state index is 0.962. The van der Waals surface area contributed by atoms with Crippen LogP contribution in [0.3, 0.4) is 0 Å². The third kappa shape index (κ3) is 1.55. The molecule has 13 heavy (non-hydrogen) atoms. The lowest BCUT2D eigenvalue weighted by atomic mass is 10.2. The zero-order chi connectivity index (χ0) is 9.26. The summed E-state index contributed by atoms with van der Waals surface area (Å²) in [5.74, 6) is 0. The lowest BCUT2D eigenvalue weighted by molar-refractivity contribution is 0.404. The van der Waals surface area contributed by atoms with Crippen molar-refractivity contribution in [2.24, 2.45) is 0 Å². The molecule has 0 amide bonds. The van der Waals surface area contributed by atoms with Gasteiger partial charge < -0.3 is 9.88 Å². The van der Waals surface area contributed by atoms with Crippen LogP contribution in [0.1, 0.15) is 5.56 Å². The van der Waals surface area contributed by atoms with Crippen LogP contribution >= 0.6 is 0 Å². The molecule has 3 nitrogen and oxygen atoms in total. The quantitative estimate of drug-likeness (QED) is 0.752. The van der Waals surface area contributed by atoms with E-state index >= 15 is 0 Å². The van der Waals surface area contributed by atoms with E-state index in [2.05, 4.69) is 29.0 Å². The third-order valence-electron chi connectivity index (χ3n) is 2.06. The fourth-order valence-electron chi connectivity index (χ4n) is 1.50. The van der Waals surface area contributed by atoms with Crippen molar-refractivity contribution in [2.45, 2.75) is 6.54 Å². The van der Waals surface area contributed by atoms with Crippen LogP contribution in [-0.2, 0) is 6.54 Å². The van der Waals surface area contributed by atoms with Crippen molar-refractivity contribution in [1.29, 1.82) is 0 Å². The first-order valence-electron chi connectivity index (χ1n) is 4.32. The second kappa shape index (κ2) is 3.18. The molecule has 2 aromatic rings. The van der Waals surface area contributed by atoms with Crippen LogP contribution < -0.4 is 0 Å². The number of H-pyrrole nitrogens is 1. The highest BCUT2D eigenvalue weighted by Crippen LogP contribution is 2.17. The summed E-state index contributed by atoms with van der Waals surface area (Å²) in [5, 5.41) is 1.27. The summed E-state index contributed by atoms with van der Waals surface area (Å²) >= 11 is 0. The average molecular weight is 175 g/mol. The zero-order valence-electron chi connectivity index (χ0n) is 7.91. The molecular weight excluding hydrogens is 162 g/mol. The number of hydrogen-bond donors (Lipinski definition) is 1. The Morgan fingerprint density at radius 2 is 2.31 bits per heavy atom. The van der Waals surface area contributed by atoms with Crippen LogP contribution in [0.4, 0.5) is 0 Å². The fraction of sp³-hybridized carbons (Fsp3) is 0.300. The van der Waals surface area contributed by atoms with E-state index in [1.54, 1.807) is 0 Å². The first kappa shape index (κ1) is 8.26. The molecular formula is C10H13N3. The maximum absolute atomic E-state index is 4.06. The standard InChI is InChI=1S/C10H13N3/c1-13(2)7-8-5-12-10-6-11-4-3-9(8)10/h3-6,12H,7H2,1-2H3. The second-order valence-corrected chi connectivity index (χ2v) is 3.47. The molecule has 0 aromatic carbocycles. The van der Waals surface area contributed by atoms with Gasteiger partial charge in [-0.3, -0.25) is 4.98 Å². The van der Waals surface area contributed by atoms with E-state index in [1.807, 2.05) is 24.7 Å². The highest BCUT2D eigenvalue weighted by Gasteiger charge is 2.02. The molecule has 0 saturated heterocycles. The summed E-state index contributed by atoms with van der Waals surface area (Å²) in [7, 11) is 4.14. The Bertz CT molecular complexity index is 403. The average Bonchev–Trinajstić information content (AvgIpc) is 2.48. The molecule has 0 aliphatic carbocycles. The topological polar surface area (TPSA) is 31.9 Å². The number of pyridine rings is 1. The van der Waals surface area contributed by atoms with Crippen molar-refractivity contribution < 1.29 is 0 Å². The minimum Gasteiger partial charge on any atom is -0.360 e. The maximum atomic E-state index is 4.06. The van der Waals surface area contributed by atoms with Crippen molar-refractivity contribution in [3.63, 3.8) is 0 Å². The van der Waals surface area contributed by atoms with Gasteiger partial charge in [-0.15, -0.1) is 0 Å². The number of nitrogens with zero attached hydrogens (tertiary/aromatic N) is 2. The van der Waals surface area contributed by atoms with Gasteiger partial charge >= 0.3 is 0 Å². The largest absolute Gasteiger partial charge is 0.360 e. The Kier molecular flexibility index (Phi) is 2.02. The molecule has 1 N–H and O–H groups in total. The van der Waals surface area contributed by atoms with E-state index in [4.69, 9.17) is 0 Å². The van der Waals surface area contributed by atoms with Crippen LogP contribution in [0.2, 0.25) is 0 Å². The highest BCUT2D eigenvalue weighted by molar-refractivity contribution is 5.81. The van der Waals surface area contributed by atoms with E-state index in [0.29, 0.717) is 0 Å². The molecule has 0 saturated carbocycles. The molecule has 0 fully saturated rings. The second-order valence-electron chi connectivity index (χ2n) is 3.47. The van der Waals surface area contributed by atoms with Crippen LogP contribution in [0.15, 0.2) is 24.7 Å². The van der Waals surface area contributed by atoms with Gasteiger partial charge in [0.2, 0.25) is 0 Å². The molecule has 0 spiro atoms. The molecule has 0 bridgehead atoms. The van der Waals surface area contributed by atoms with Crippen molar-refractivity contribution in [3.05, 3.63) is 30.2 Å². The lowest BCUT2D eigenvalue weighted by Crippen LogP contribution is -2.09. The van der Waals surface area contributed by atoms with Crippen molar-refractivity contribution in [3.8, 4) is 0 Å². The molecule has 0 atom stereocenters. The Morgan fingerprint density at radius 1 is 1.46 bits per heavy atom. The van der Waals surface area contributed by atoms with Gasteiger partial charge in [0.25, 0.3) is 0 Å². The van der Waals surface area contributed by atoms with E-state index in [0.717, 1.165) is 12.1 Å². The van der Waals surface area contributed by atoms with Crippen molar-refractivity contribution >= 4 is 10.9 Å². The number of aromatic nitrogens is 2. The van der Waals surface area contributed by atoms with Crippen molar-refractivity contribution in [1.82, 2.24) is 14.9 Å². The molecule has 2 aromatic heterocycles. The van der Waals surface area contributed by atoms with Gasteiger partial charge in [-0.25, -0.2) is 0 Å². The molecule has 0 aliphatic heterocycles. The Balaban J connectivity index is 2.46. The first-order chi connectivity index (χ1) is 6.27. The SMILES string of the molecule is CN(C)Cc1c[nH]c2cnccc12. The summed E-state index contributed by atoms with van der Waals surface area (Å²) in [6.07, 6.45) is 5.73. The lowest BCUT2D eigenvalue weighted by Gasteiger charge is -2.07. The number of aromatic amines is 1. The Labute approximate surface area is 77.4 Å². The van der Waals surface area contributed by atoms with Crippen LogP contribution in [0, 0.1) is 0 Å². The van der Waals surface area contributed by atoms with E-state index in [1.165, 1.54) is 10.9 Å². The van der Waals surface area contributed by atoms with Gasteiger partial charge in [-0.2, -0.15) is 0 Å². The minimum atomic E-state index is 0.962. The fourth-order valence-corrected chi connectivity index (χ4v) is 1.50. The van der Waals surface area contributed by atoms with Gasteiger partial charge in [0.05, 0.1) is 11.7 Å². The van der Waals surface area contributed by atoms with Gasteiger partial charge in [0.15, 0.2) is 0 Å². The molecule has 0 radical (unpaired) electrons. The van der Waals surface area contributed by atoms with Crippen molar-refractivity contribution in [2.75, 3.05) is 14.1 Å². The van der Waals surface area contributed by atoms with Gasteiger partial charge in [0.1, 0.15) is 0 Å². The number of fused-ring (bicyclic) bond motifs is 1. The zero-order valence-corrected chi connectivity index (χ0v) is 7.91. The first-order valence-corrected chi connectivity index (χ1v) is 4.32. The maximum Gasteiger partial charge on any atom is 0.0643 e. The Morgan fingerprint density at radius 3 is 3.08 bits per heavy atom. The summed E-state index contributed by atoms with van der Waals surface area (Å²) in [4.78, 5) is 9.42. The predicted octanol–water partition coefficient (Wildman–Crippen LogP) is 1.62. The van der Waals surface area contributed by atoms with Crippen LogP contribution in [-0.4, -0.2) is 29.0 Å². The van der Waals surface area contributed by atoms with Gasteiger partial charge in [-0.1, -0.05) is 0 Å². The normalized spacial score (nSPS) is 11.3. The summed E-state index contributed by atoms with van der Waals surface area (Å²) in [6.45, 7) is 0.962. The molecule has 0 unspecified atom stereocenters. The smallest absolute Gasteiger partial charge is 0.0643 e. The van der Waals surface area contributed by atoms with E-state index in [9.17, 15) is 0 Å². The van der Waals surface area contributed by atoms with Crippen LogP contribution in [0.25, 0.3) is 10.9 Å². The van der Waals surface area contributed by atoms with Gasteiger partial charge in [-0.05, 0) is 25.7 Å². The molecule has 3 heteroatoms. The van der Waals surface area contributed by atoms with E-state index < -0.39 is 0 Å². The Hall–Kier alpha value is -1.35.